The average molecular weight is 408 g/mol. The van der Waals surface area contributed by atoms with E-state index in [0.29, 0.717) is 5.56 Å². The van der Waals surface area contributed by atoms with Crippen molar-refractivity contribution in [2.45, 2.75) is 45.2 Å². The molecule has 2 aromatic rings. The second kappa shape index (κ2) is 10.1. The van der Waals surface area contributed by atoms with E-state index in [2.05, 4.69) is 5.32 Å². The van der Waals surface area contributed by atoms with Gasteiger partial charge in [-0.1, -0.05) is 42.5 Å². The normalized spacial score (nSPS) is 18.5. The topological polar surface area (TPSA) is 75.7 Å². The van der Waals surface area contributed by atoms with Crippen molar-refractivity contribution in [3.8, 4) is 11.1 Å². The van der Waals surface area contributed by atoms with Crippen LogP contribution in [0.3, 0.4) is 0 Å². The molecule has 6 nitrogen and oxygen atoms in total. The SMILES string of the molecule is CC1CCCC(C)N1C(=O)COC(=O)CNC(=O)c1ccc(-c2ccccc2)cc1. The Labute approximate surface area is 177 Å². The Morgan fingerprint density at radius 1 is 0.933 bits per heavy atom. The Balaban J connectivity index is 1.45. The number of carbonyl (C=O) groups excluding carboxylic acids is 3. The number of esters is 1. The van der Waals surface area contributed by atoms with Gasteiger partial charge in [0, 0.05) is 17.6 Å². The van der Waals surface area contributed by atoms with Crippen molar-refractivity contribution in [1.29, 1.82) is 0 Å². The van der Waals surface area contributed by atoms with Crippen molar-refractivity contribution in [3.63, 3.8) is 0 Å². The minimum absolute atomic E-state index is 0.151. The number of benzene rings is 2. The molecule has 1 saturated heterocycles. The highest BCUT2D eigenvalue weighted by Crippen LogP contribution is 2.22. The molecule has 2 atom stereocenters. The molecule has 0 aromatic heterocycles. The number of rotatable bonds is 6. The lowest BCUT2D eigenvalue weighted by atomic mass is 9.97. The van der Waals surface area contributed by atoms with Crippen molar-refractivity contribution < 1.29 is 19.1 Å². The first-order chi connectivity index (χ1) is 14.5. The van der Waals surface area contributed by atoms with Crippen molar-refractivity contribution >= 4 is 17.8 Å². The van der Waals surface area contributed by atoms with Gasteiger partial charge in [0.25, 0.3) is 11.8 Å². The molecule has 1 heterocycles. The fourth-order valence-corrected chi connectivity index (χ4v) is 3.88. The van der Waals surface area contributed by atoms with Crippen molar-refractivity contribution in [1.82, 2.24) is 10.2 Å². The van der Waals surface area contributed by atoms with Crippen LogP contribution in [0, 0.1) is 0 Å². The van der Waals surface area contributed by atoms with Crippen LogP contribution in [0.4, 0.5) is 0 Å². The van der Waals surface area contributed by atoms with Gasteiger partial charge in [0.2, 0.25) is 0 Å². The zero-order valence-electron chi connectivity index (χ0n) is 17.5. The van der Waals surface area contributed by atoms with Crippen molar-refractivity contribution in [2.24, 2.45) is 0 Å². The first kappa shape index (κ1) is 21.6. The third kappa shape index (κ3) is 5.47. The molecule has 0 saturated carbocycles. The maximum atomic E-state index is 12.4. The Kier molecular flexibility index (Phi) is 7.22. The number of carbonyl (C=O) groups is 3. The summed E-state index contributed by atoms with van der Waals surface area (Å²) < 4.78 is 5.07. The summed E-state index contributed by atoms with van der Waals surface area (Å²) in [5.41, 5.74) is 2.52. The summed E-state index contributed by atoms with van der Waals surface area (Å²) in [5, 5.41) is 2.54. The van der Waals surface area contributed by atoms with Gasteiger partial charge in [0.1, 0.15) is 6.54 Å². The van der Waals surface area contributed by atoms with Gasteiger partial charge < -0.3 is 15.0 Å². The van der Waals surface area contributed by atoms with Crippen LogP contribution in [0.5, 0.6) is 0 Å². The van der Waals surface area contributed by atoms with Gasteiger partial charge in [-0.25, -0.2) is 0 Å². The molecule has 1 fully saturated rings. The molecule has 0 aliphatic carbocycles. The molecule has 2 aromatic carbocycles. The molecule has 6 heteroatoms. The minimum Gasteiger partial charge on any atom is -0.454 e. The van der Waals surface area contributed by atoms with Gasteiger partial charge in [-0.15, -0.1) is 0 Å². The third-order valence-corrected chi connectivity index (χ3v) is 5.49. The summed E-state index contributed by atoms with van der Waals surface area (Å²) in [5.74, 6) is -1.18. The van der Waals surface area contributed by atoms with E-state index < -0.39 is 5.97 Å². The van der Waals surface area contributed by atoms with Crippen LogP contribution in [-0.4, -0.2) is 47.9 Å². The molecule has 0 spiro atoms. The van der Waals surface area contributed by atoms with Crippen LogP contribution in [0.15, 0.2) is 54.6 Å². The van der Waals surface area contributed by atoms with Crippen LogP contribution < -0.4 is 5.32 Å². The zero-order valence-corrected chi connectivity index (χ0v) is 17.5. The monoisotopic (exact) mass is 408 g/mol. The molecule has 2 unspecified atom stereocenters. The predicted octanol–water partition coefficient (Wildman–Crippen LogP) is 3.42. The molecule has 2 amide bonds. The Bertz CT molecular complexity index is 870. The van der Waals surface area contributed by atoms with Gasteiger partial charge in [0.15, 0.2) is 6.61 Å². The molecule has 3 rings (SSSR count). The Hall–Kier alpha value is -3.15. The molecule has 0 bridgehead atoms. The highest BCUT2D eigenvalue weighted by atomic mass is 16.5. The summed E-state index contributed by atoms with van der Waals surface area (Å²) in [6.07, 6.45) is 3.02. The van der Waals surface area contributed by atoms with Gasteiger partial charge >= 0.3 is 5.97 Å². The smallest absolute Gasteiger partial charge is 0.325 e. The first-order valence-corrected chi connectivity index (χ1v) is 10.4. The van der Waals surface area contributed by atoms with E-state index in [1.807, 2.05) is 56.3 Å². The largest absolute Gasteiger partial charge is 0.454 e. The Morgan fingerprint density at radius 3 is 2.17 bits per heavy atom. The summed E-state index contributed by atoms with van der Waals surface area (Å²) in [4.78, 5) is 38.4. The fourth-order valence-electron chi connectivity index (χ4n) is 3.88. The summed E-state index contributed by atoms with van der Waals surface area (Å²) in [7, 11) is 0. The Morgan fingerprint density at radius 2 is 1.53 bits per heavy atom. The zero-order chi connectivity index (χ0) is 21.5. The van der Waals surface area contributed by atoms with Crippen molar-refractivity contribution in [3.05, 3.63) is 60.2 Å². The quantitative estimate of drug-likeness (QED) is 0.743. The number of ether oxygens (including phenoxy) is 1. The van der Waals surface area contributed by atoms with E-state index in [1.165, 1.54) is 0 Å². The first-order valence-electron chi connectivity index (χ1n) is 10.4. The lowest BCUT2D eigenvalue weighted by molar-refractivity contribution is -0.154. The van der Waals surface area contributed by atoms with Crippen LogP contribution in [0.2, 0.25) is 0 Å². The summed E-state index contributed by atoms with van der Waals surface area (Å²) in [6, 6.07) is 17.3. The maximum absolute atomic E-state index is 12.4. The number of hydrogen-bond acceptors (Lipinski definition) is 4. The predicted molar refractivity (Wildman–Crippen MR) is 115 cm³/mol. The standard InChI is InChI=1S/C24H28N2O4/c1-17-7-6-8-18(2)26(17)22(27)16-30-23(28)15-25-24(29)21-13-11-20(12-14-21)19-9-4-3-5-10-19/h3-5,9-14,17-18H,6-8,15-16H2,1-2H3,(H,25,29). The molecule has 1 aliphatic heterocycles. The van der Waals surface area contributed by atoms with Crippen molar-refractivity contribution in [2.75, 3.05) is 13.2 Å². The molecule has 30 heavy (non-hydrogen) atoms. The van der Waals surface area contributed by atoms with E-state index in [4.69, 9.17) is 4.74 Å². The lowest BCUT2D eigenvalue weighted by Gasteiger charge is -2.38. The van der Waals surface area contributed by atoms with E-state index in [-0.39, 0.29) is 37.0 Å². The van der Waals surface area contributed by atoms with Crippen LogP contribution >= 0.6 is 0 Å². The number of piperidine rings is 1. The average Bonchev–Trinajstić information content (AvgIpc) is 2.76. The minimum atomic E-state index is -0.630. The summed E-state index contributed by atoms with van der Waals surface area (Å²) in [6.45, 7) is 3.45. The molecule has 1 aliphatic rings. The van der Waals surface area contributed by atoms with E-state index >= 15 is 0 Å². The van der Waals surface area contributed by atoms with Crippen LogP contribution in [0.1, 0.15) is 43.5 Å². The van der Waals surface area contributed by atoms with E-state index in [9.17, 15) is 14.4 Å². The lowest BCUT2D eigenvalue weighted by Crippen LogP contribution is -2.49. The highest BCUT2D eigenvalue weighted by Gasteiger charge is 2.29. The van der Waals surface area contributed by atoms with E-state index in [0.717, 1.165) is 30.4 Å². The molecular formula is C24H28N2O4. The summed E-state index contributed by atoms with van der Waals surface area (Å²) >= 11 is 0. The molecule has 158 valence electrons. The number of hydrogen-bond donors (Lipinski definition) is 1. The highest BCUT2D eigenvalue weighted by molar-refractivity contribution is 5.96. The molecular weight excluding hydrogens is 380 g/mol. The van der Waals surface area contributed by atoms with Gasteiger partial charge in [-0.3, -0.25) is 14.4 Å². The van der Waals surface area contributed by atoms with Gasteiger partial charge in [-0.2, -0.15) is 0 Å². The maximum Gasteiger partial charge on any atom is 0.325 e. The number of nitrogens with one attached hydrogen (secondary N) is 1. The number of amides is 2. The molecule has 0 radical (unpaired) electrons. The number of nitrogens with zero attached hydrogens (tertiary/aromatic N) is 1. The van der Waals surface area contributed by atoms with E-state index in [1.54, 1.807) is 17.0 Å². The second-order valence-electron chi connectivity index (χ2n) is 7.72. The van der Waals surface area contributed by atoms with Gasteiger partial charge in [-0.05, 0) is 56.4 Å². The molecule has 1 N–H and O–H groups in total. The van der Waals surface area contributed by atoms with Crippen LogP contribution in [-0.2, 0) is 14.3 Å². The van der Waals surface area contributed by atoms with Gasteiger partial charge in [0.05, 0.1) is 0 Å². The fraction of sp³-hybridized carbons (Fsp3) is 0.375. The third-order valence-electron chi connectivity index (χ3n) is 5.49. The second-order valence-corrected chi connectivity index (χ2v) is 7.72. The van der Waals surface area contributed by atoms with Crippen LogP contribution in [0.25, 0.3) is 11.1 Å². The number of likely N-dealkylation sites (tertiary alicyclic amines) is 1.